The van der Waals surface area contributed by atoms with Gasteiger partial charge in [0, 0.05) is 19.2 Å². The van der Waals surface area contributed by atoms with Crippen LogP contribution in [0.5, 0.6) is 0 Å². The summed E-state index contributed by atoms with van der Waals surface area (Å²) in [5.41, 5.74) is 0.642. The lowest BCUT2D eigenvalue weighted by Crippen LogP contribution is -2.36. The highest BCUT2D eigenvalue weighted by Crippen LogP contribution is 2.26. The van der Waals surface area contributed by atoms with Gasteiger partial charge < -0.3 is 4.90 Å². The van der Waals surface area contributed by atoms with Crippen molar-refractivity contribution in [3.05, 3.63) is 24.3 Å². The quantitative estimate of drug-likeness (QED) is 0.831. The van der Waals surface area contributed by atoms with Gasteiger partial charge in [0.15, 0.2) is 15.6 Å². The van der Waals surface area contributed by atoms with Crippen molar-refractivity contribution < 1.29 is 13.2 Å². The Hall–Kier alpha value is -1.07. The zero-order chi connectivity index (χ0) is 12.5. The minimum atomic E-state index is -3.25. The monoisotopic (exact) mass is 289 g/mol. The van der Waals surface area contributed by atoms with E-state index in [1.165, 1.54) is 6.26 Å². The number of hydrogen-bond donors (Lipinski definition) is 0. The van der Waals surface area contributed by atoms with Crippen molar-refractivity contribution >= 4 is 33.7 Å². The molecule has 100 valence electrons. The second-order valence-corrected chi connectivity index (χ2v) is 6.29. The number of carbonyl (C=O) groups excluding carboxylic acids is 1. The molecule has 1 aromatic carbocycles. The third-order valence-electron chi connectivity index (χ3n) is 2.86. The van der Waals surface area contributed by atoms with Crippen LogP contribution in [-0.4, -0.2) is 33.5 Å². The zero-order valence-corrected chi connectivity index (χ0v) is 11.8. The van der Waals surface area contributed by atoms with Crippen LogP contribution in [0.25, 0.3) is 0 Å². The smallest absolute Gasteiger partial charge is 0.177 e. The fraction of sp³-hybridized carbons (Fsp3) is 0.417. The summed E-state index contributed by atoms with van der Waals surface area (Å²) >= 11 is 0. The molecule has 1 fully saturated rings. The van der Waals surface area contributed by atoms with E-state index in [-0.39, 0.29) is 18.2 Å². The summed E-state index contributed by atoms with van der Waals surface area (Å²) in [7, 11) is -3.25. The highest BCUT2D eigenvalue weighted by Gasteiger charge is 2.22. The molecule has 0 aromatic heterocycles. The average Bonchev–Trinajstić information content (AvgIpc) is 2.28. The minimum absolute atomic E-state index is 0. The van der Waals surface area contributed by atoms with Gasteiger partial charge in [0.05, 0.1) is 17.1 Å². The number of sulfone groups is 1. The maximum absolute atomic E-state index is 11.7. The van der Waals surface area contributed by atoms with Gasteiger partial charge in [0.25, 0.3) is 0 Å². The van der Waals surface area contributed by atoms with E-state index in [0.29, 0.717) is 23.5 Å². The zero-order valence-electron chi connectivity index (χ0n) is 10.1. The molecule has 0 aliphatic carbocycles. The average molecular weight is 290 g/mol. The molecule has 1 saturated heterocycles. The van der Waals surface area contributed by atoms with Crippen molar-refractivity contribution in [2.75, 3.05) is 24.2 Å². The molecule has 0 spiro atoms. The van der Waals surface area contributed by atoms with E-state index < -0.39 is 9.84 Å². The molecular weight excluding hydrogens is 274 g/mol. The number of rotatable bonds is 2. The molecule has 2 rings (SSSR count). The van der Waals surface area contributed by atoms with Crippen LogP contribution in [0.1, 0.15) is 12.8 Å². The van der Waals surface area contributed by atoms with Gasteiger partial charge >= 0.3 is 0 Å². The predicted molar refractivity (Wildman–Crippen MR) is 73.3 cm³/mol. The molecule has 6 heteroatoms. The summed E-state index contributed by atoms with van der Waals surface area (Å²) in [6.45, 7) is 1.05. The lowest BCUT2D eigenvalue weighted by Gasteiger charge is -2.29. The van der Waals surface area contributed by atoms with Crippen LogP contribution in [0, 0.1) is 0 Å². The molecule has 0 saturated carbocycles. The van der Waals surface area contributed by atoms with E-state index in [2.05, 4.69) is 0 Å². The van der Waals surface area contributed by atoms with Gasteiger partial charge in [0.2, 0.25) is 0 Å². The van der Waals surface area contributed by atoms with E-state index in [1.54, 1.807) is 24.3 Å². The Kier molecular flexibility index (Phi) is 4.76. The number of para-hydroxylation sites is 1. The molecular formula is C12H16ClNO3S. The normalized spacial score (nSPS) is 16.3. The minimum Gasteiger partial charge on any atom is -0.363 e. The van der Waals surface area contributed by atoms with Crippen LogP contribution < -0.4 is 4.90 Å². The third kappa shape index (κ3) is 3.23. The van der Waals surface area contributed by atoms with Crippen molar-refractivity contribution in [3.63, 3.8) is 0 Å². The number of piperidine rings is 1. The first-order valence-corrected chi connectivity index (χ1v) is 7.43. The van der Waals surface area contributed by atoms with Crippen molar-refractivity contribution in [2.24, 2.45) is 0 Å². The van der Waals surface area contributed by atoms with E-state index in [9.17, 15) is 13.2 Å². The SMILES string of the molecule is CS(=O)(=O)c1ccccc1N1CCCC(=O)C1.Cl. The van der Waals surface area contributed by atoms with Crippen LogP contribution in [0.3, 0.4) is 0 Å². The first kappa shape index (κ1) is 15.0. The molecule has 4 nitrogen and oxygen atoms in total. The third-order valence-corrected chi connectivity index (χ3v) is 4.00. The number of benzene rings is 1. The molecule has 18 heavy (non-hydrogen) atoms. The molecule has 1 aliphatic heterocycles. The molecule has 0 amide bonds. The molecule has 0 unspecified atom stereocenters. The number of halogens is 1. The van der Waals surface area contributed by atoms with E-state index in [1.807, 2.05) is 4.90 Å². The number of anilines is 1. The summed E-state index contributed by atoms with van der Waals surface area (Å²) in [5, 5.41) is 0. The number of carbonyl (C=O) groups is 1. The second kappa shape index (κ2) is 5.71. The van der Waals surface area contributed by atoms with Crippen molar-refractivity contribution in [1.29, 1.82) is 0 Å². The van der Waals surface area contributed by atoms with Gasteiger partial charge in [-0.2, -0.15) is 0 Å². The Labute approximate surface area is 113 Å². The Morgan fingerprint density at radius 2 is 1.89 bits per heavy atom. The lowest BCUT2D eigenvalue weighted by molar-refractivity contribution is -0.118. The molecule has 0 bridgehead atoms. The first-order chi connectivity index (χ1) is 7.98. The van der Waals surface area contributed by atoms with Crippen molar-refractivity contribution in [1.82, 2.24) is 0 Å². The largest absolute Gasteiger partial charge is 0.363 e. The number of hydrogen-bond acceptors (Lipinski definition) is 4. The number of nitrogens with zero attached hydrogens (tertiary/aromatic N) is 1. The Balaban J connectivity index is 0.00000162. The number of ketones is 1. The van der Waals surface area contributed by atoms with Crippen LogP contribution in [0.15, 0.2) is 29.2 Å². The van der Waals surface area contributed by atoms with Gasteiger partial charge in [-0.1, -0.05) is 12.1 Å². The van der Waals surface area contributed by atoms with Crippen molar-refractivity contribution in [3.8, 4) is 0 Å². The van der Waals surface area contributed by atoms with E-state index >= 15 is 0 Å². The van der Waals surface area contributed by atoms with Crippen LogP contribution in [0.4, 0.5) is 5.69 Å². The Morgan fingerprint density at radius 3 is 2.50 bits per heavy atom. The Morgan fingerprint density at radius 1 is 1.22 bits per heavy atom. The maximum Gasteiger partial charge on any atom is 0.177 e. The van der Waals surface area contributed by atoms with E-state index in [0.717, 1.165) is 13.0 Å². The van der Waals surface area contributed by atoms with Crippen LogP contribution >= 0.6 is 12.4 Å². The first-order valence-electron chi connectivity index (χ1n) is 5.54. The van der Waals surface area contributed by atoms with Gasteiger partial charge in [-0.3, -0.25) is 4.79 Å². The molecule has 1 aromatic rings. The highest BCUT2D eigenvalue weighted by atomic mass is 35.5. The predicted octanol–water partition coefficient (Wildman–Crippen LogP) is 1.68. The standard InChI is InChI=1S/C12H15NO3S.ClH/c1-17(15,16)12-7-3-2-6-11(12)13-8-4-5-10(14)9-13;/h2-3,6-7H,4-5,8-9H2,1H3;1H. The molecule has 1 heterocycles. The van der Waals surface area contributed by atoms with Crippen molar-refractivity contribution in [2.45, 2.75) is 17.7 Å². The van der Waals surface area contributed by atoms with Gasteiger partial charge in [0.1, 0.15) is 0 Å². The van der Waals surface area contributed by atoms with Gasteiger partial charge in [-0.05, 0) is 18.6 Å². The fourth-order valence-corrected chi connectivity index (χ4v) is 2.98. The fourth-order valence-electron chi connectivity index (χ4n) is 2.08. The summed E-state index contributed by atoms with van der Waals surface area (Å²) in [6.07, 6.45) is 2.58. The van der Waals surface area contributed by atoms with Gasteiger partial charge in [-0.25, -0.2) is 8.42 Å². The second-order valence-electron chi connectivity index (χ2n) is 4.30. The number of Topliss-reactive ketones (excluding diaryl/α,β-unsaturated/α-hetero) is 1. The molecule has 0 radical (unpaired) electrons. The van der Waals surface area contributed by atoms with Crippen LogP contribution in [0.2, 0.25) is 0 Å². The molecule has 0 atom stereocenters. The lowest BCUT2D eigenvalue weighted by atomic mass is 10.1. The Bertz CT molecular complexity index is 542. The molecule has 1 aliphatic rings. The van der Waals surface area contributed by atoms with Crippen LogP contribution in [-0.2, 0) is 14.6 Å². The summed E-state index contributed by atoms with van der Waals surface area (Å²) < 4.78 is 23.3. The topological polar surface area (TPSA) is 54.5 Å². The highest BCUT2D eigenvalue weighted by molar-refractivity contribution is 7.90. The summed E-state index contributed by atoms with van der Waals surface area (Å²) in [4.78, 5) is 13.6. The van der Waals surface area contributed by atoms with Gasteiger partial charge in [-0.15, -0.1) is 12.4 Å². The summed E-state index contributed by atoms with van der Waals surface area (Å²) in [5.74, 6) is 0.166. The molecule has 0 N–H and O–H groups in total. The maximum atomic E-state index is 11.7. The van der Waals surface area contributed by atoms with E-state index in [4.69, 9.17) is 0 Å². The summed E-state index contributed by atoms with van der Waals surface area (Å²) in [6, 6.07) is 6.84.